The summed E-state index contributed by atoms with van der Waals surface area (Å²) in [5.41, 5.74) is 0. The van der Waals surface area contributed by atoms with E-state index in [1.165, 1.54) is 64.2 Å². The van der Waals surface area contributed by atoms with Gasteiger partial charge in [-0.2, -0.15) is 0 Å². The molecule has 1 aliphatic rings. The van der Waals surface area contributed by atoms with Crippen molar-refractivity contribution in [3.63, 3.8) is 0 Å². The van der Waals surface area contributed by atoms with E-state index >= 15 is 0 Å². The van der Waals surface area contributed by atoms with Crippen LogP contribution in [0.15, 0.2) is 0 Å². The van der Waals surface area contributed by atoms with Gasteiger partial charge in [0.15, 0.2) is 5.79 Å². The number of nitrogens with zero attached hydrogens (tertiary/aromatic N) is 1. The zero-order chi connectivity index (χ0) is 35.7. The Balaban J connectivity index is 2.18. The average molecular weight is 696 g/mol. The van der Waals surface area contributed by atoms with Gasteiger partial charge in [0.1, 0.15) is 0 Å². The largest absolute Gasteiger partial charge is 0.466 e. The molecule has 1 aliphatic heterocycles. The van der Waals surface area contributed by atoms with Gasteiger partial charge in [0.25, 0.3) is 0 Å². The van der Waals surface area contributed by atoms with Crippen LogP contribution in [0.4, 0.5) is 0 Å². The predicted octanol–water partition coefficient (Wildman–Crippen LogP) is 11.5. The summed E-state index contributed by atoms with van der Waals surface area (Å²) in [5, 5.41) is 0. The van der Waals surface area contributed by atoms with E-state index < -0.39 is 5.79 Å². The zero-order valence-electron chi connectivity index (χ0n) is 33.0. The molecule has 0 saturated carbocycles. The molecule has 0 aliphatic carbocycles. The van der Waals surface area contributed by atoms with Gasteiger partial charge >= 0.3 is 11.9 Å². The number of hydrogen-bond acceptors (Lipinski definition) is 7. The lowest BCUT2D eigenvalue weighted by Gasteiger charge is -2.28. The Kier molecular flexibility index (Phi) is 30.6. The Bertz CT molecular complexity index is 713. The average Bonchev–Trinajstić information content (AvgIpc) is 3.48. The van der Waals surface area contributed by atoms with Gasteiger partial charge in [0, 0.05) is 25.7 Å². The molecule has 1 fully saturated rings. The molecular formula is C42H81NO6. The Morgan fingerprint density at radius 2 is 0.980 bits per heavy atom. The summed E-state index contributed by atoms with van der Waals surface area (Å²) in [6.07, 6.45) is 33.5. The highest BCUT2D eigenvalue weighted by Crippen LogP contribution is 2.36. The second-order valence-electron chi connectivity index (χ2n) is 15.1. The van der Waals surface area contributed by atoms with Crippen LogP contribution >= 0.6 is 0 Å². The van der Waals surface area contributed by atoms with Gasteiger partial charge in [0.05, 0.1) is 25.9 Å². The first kappa shape index (κ1) is 45.8. The first-order valence-corrected chi connectivity index (χ1v) is 21.2. The minimum Gasteiger partial charge on any atom is -0.466 e. The van der Waals surface area contributed by atoms with Gasteiger partial charge in [-0.3, -0.25) is 9.59 Å². The maximum absolute atomic E-state index is 12.0. The van der Waals surface area contributed by atoms with Crippen molar-refractivity contribution in [3.8, 4) is 0 Å². The van der Waals surface area contributed by atoms with Gasteiger partial charge in [-0.25, -0.2) is 0 Å². The summed E-state index contributed by atoms with van der Waals surface area (Å²) in [6.45, 7) is 7.38. The van der Waals surface area contributed by atoms with E-state index in [-0.39, 0.29) is 18.0 Å². The van der Waals surface area contributed by atoms with Crippen molar-refractivity contribution in [3.05, 3.63) is 0 Å². The van der Waals surface area contributed by atoms with Crippen molar-refractivity contribution < 1.29 is 28.5 Å². The zero-order valence-corrected chi connectivity index (χ0v) is 33.0. The molecule has 49 heavy (non-hydrogen) atoms. The molecule has 0 N–H and O–H groups in total. The van der Waals surface area contributed by atoms with E-state index in [0.717, 1.165) is 122 Å². The van der Waals surface area contributed by atoms with Crippen molar-refractivity contribution in [2.45, 2.75) is 218 Å². The van der Waals surface area contributed by atoms with E-state index in [1.54, 1.807) is 0 Å². The molecule has 7 nitrogen and oxygen atoms in total. The Labute approximate surface area is 303 Å². The summed E-state index contributed by atoms with van der Waals surface area (Å²) >= 11 is 0. The number of ether oxygens (including phenoxy) is 4. The van der Waals surface area contributed by atoms with E-state index in [2.05, 4.69) is 32.8 Å². The molecule has 1 heterocycles. The fourth-order valence-corrected chi connectivity index (χ4v) is 6.80. The lowest BCUT2D eigenvalue weighted by atomic mass is 9.99. The number of unbranched alkanes of at least 4 members (excludes halogenated alkanes) is 20. The summed E-state index contributed by atoms with van der Waals surface area (Å²) in [6, 6.07) is 0. The monoisotopic (exact) mass is 696 g/mol. The van der Waals surface area contributed by atoms with Gasteiger partial charge in [-0.1, -0.05) is 129 Å². The van der Waals surface area contributed by atoms with Crippen LogP contribution in [-0.4, -0.2) is 69.2 Å². The highest BCUT2D eigenvalue weighted by Gasteiger charge is 2.40. The predicted molar refractivity (Wildman–Crippen MR) is 204 cm³/mol. The van der Waals surface area contributed by atoms with Crippen molar-refractivity contribution >= 4 is 11.9 Å². The molecule has 0 amide bonds. The molecule has 1 unspecified atom stereocenters. The summed E-state index contributed by atoms with van der Waals surface area (Å²) < 4.78 is 24.0. The number of rotatable bonds is 36. The van der Waals surface area contributed by atoms with Crippen LogP contribution in [0.2, 0.25) is 0 Å². The SMILES string of the molecule is CCCCCCCCCC(=O)OCCCCCCCC1(CCCCCCCOC(=O)CCCCCCCCC)OCC(CCCN(C)C)O1. The highest BCUT2D eigenvalue weighted by atomic mass is 16.7. The van der Waals surface area contributed by atoms with Crippen molar-refractivity contribution in [1.29, 1.82) is 0 Å². The van der Waals surface area contributed by atoms with Crippen LogP contribution in [0.5, 0.6) is 0 Å². The number of hydrogen-bond donors (Lipinski definition) is 0. The van der Waals surface area contributed by atoms with Crippen LogP contribution < -0.4 is 0 Å². The first-order chi connectivity index (χ1) is 23.9. The number of esters is 2. The maximum atomic E-state index is 12.0. The maximum Gasteiger partial charge on any atom is 0.305 e. The second-order valence-corrected chi connectivity index (χ2v) is 15.1. The fraction of sp³-hybridized carbons (Fsp3) is 0.952. The molecule has 7 heteroatoms. The van der Waals surface area contributed by atoms with E-state index in [9.17, 15) is 9.59 Å². The third kappa shape index (κ3) is 28.1. The van der Waals surface area contributed by atoms with E-state index in [1.807, 2.05) is 0 Å². The molecule has 0 radical (unpaired) electrons. The third-order valence-electron chi connectivity index (χ3n) is 9.94. The summed E-state index contributed by atoms with van der Waals surface area (Å²) in [4.78, 5) is 26.3. The molecule has 1 rings (SSSR count). The van der Waals surface area contributed by atoms with E-state index in [4.69, 9.17) is 18.9 Å². The standard InChI is InChI=1S/C42H81NO6/c1-5-7-9-11-13-17-23-31-40(44)46-36-27-21-15-19-25-33-42(48-38-39(49-42)30-29-35-43(3)4)34-26-20-16-22-28-37-47-41(45)32-24-18-14-12-10-8-6-2/h39H,5-38H2,1-4H3. The van der Waals surface area contributed by atoms with Crippen molar-refractivity contribution in [1.82, 2.24) is 4.90 Å². The van der Waals surface area contributed by atoms with Gasteiger partial charge in [0.2, 0.25) is 0 Å². The fourth-order valence-electron chi connectivity index (χ4n) is 6.80. The van der Waals surface area contributed by atoms with Crippen LogP contribution in [-0.2, 0) is 28.5 Å². The van der Waals surface area contributed by atoms with Crippen molar-refractivity contribution in [2.75, 3.05) is 40.5 Å². The van der Waals surface area contributed by atoms with Crippen LogP contribution in [0.25, 0.3) is 0 Å². The molecule has 0 aromatic carbocycles. The van der Waals surface area contributed by atoms with Gasteiger partial charge in [-0.05, 0) is 72.0 Å². The molecule has 290 valence electrons. The Morgan fingerprint density at radius 3 is 1.43 bits per heavy atom. The lowest BCUT2D eigenvalue weighted by molar-refractivity contribution is -0.180. The molecule has 1 saturated heterocycles. The minimum atomic E-state index is -0.431. The molecule has 0 aromatic heterocycles. The van der Waals surface area contributed by atoms with Crippen LogP contribution in [0, 0.1) is 0 Å². The molecule has 0 spiro atoms. The smallest absolute Gasteiger partial charge is 0.305 e. The van der Waals surface area contributed by atoms with Gasteiger partial charge in [-0.15, -0.1) is 0 Å². The second kappa shape index (κ2) is 32.7. The molecule has 0 bridgehead atoms. The minimum absolute atomic E-state index is 0.0244. The topological polar surface area (TPSA) is 74.3 Å². The number of carbonyl (C=O) groups is 2. The molecule has 1 atom stereocenters. The van der Waals surface area contributed by atoms with Crippen molar-refractivity contribution in [2.24, 2.45) is 0 Å². The number of carbonyl (C=O) groups excluding carboxylic acids is 2. The third-order valence-corrected chi connectivity index (χ3v) is 9.94. The van der Waals surface area contributed by atoms with Crippen LogP contribution in [0.1, 0.15) is 206 Å². The van der Waals surface area contributed by atoms with E-state index in [0.29, 0.717) is 32.7 Å². The lowest BCUT2D eigenvalue weighted by Crippen LogP contribution is -2.31. The highest BCUT2D eigenvalue weighted by molar-refractivity contribution is 5.69. The van der Waals surface area contributed by atoms with Crippen LogP contribution in [0.3, 0.4) is 0 Å². The summed E-state index contributed by atoms with van der Waals surface area (Å²) in [5.74, 6) is -0.479. The quantitative estimate of drug-likeness (QED) is 0.0477. The molecular weight excluding hydrogens is 614 g/mol. The summed E-state index contributed by atoms with van der Waals surface area (Å²) in [7, 11) is 4.25. The first-order valence-electron chi connectivity index (χ1n) is 21.2. The molecule has 0 aromatic rings. The normalized spacial score (nSPS) is 15.7. The Morgan fingerprint density at radius 1 is 0.571 bits per heavy atom. The van der Waals surface area contributed by atoms with Gasteiger partial charge < -0.3 is 23.8 Å². The Hall–Kier alpha value is -1.18.